The van der Waals surface area contributed by atoms with Gasteiger partial charge >= 0.3 is 0 Å². The van der Waals surface area contributed by atoms with Crippen molar-refractivity contribution in [2.24, 2.45) is 0 Å². The average Bonchev–Trinajstić information content (AvgIpc) is 3.19. The molecule has 5 nitrogen and oxygen atoms in total. The van der Waals surface area contributed by atoms with E-state index >= 15 is 0 Å². The first-order valence-corrected chi connectivity index (χ1v) is 8.34. The molecule has 0 radical (unpaired) electrons. The lowest BCUT2D eigenvalue weighted by molar-refractivity contribution is 0.0718. The van der Waals surface area contributed by atoms with Crippen molar-refractivity contribution in [2.45, 2.75) is 38.6 Å². The van der Waals surface area contributed by atoms with Crippen LogP contribution in [0.4, 0.5) is 4.39 Å². The molecule has 1 aliphatic rings. The monoisotopic (exact) mass is 331 g/mol. The van der Waals surface area contributed by atoms with E-state index < -0.39 is 0 Å². The van der Waals surface area contributed by atoms with Crippen molar-refractivity contribution in [3.63, 3.8) is 0 Å². The van der Waals surface area contributed by atoms with E-state index in [0.717, 1.165) is 37.2 Å². The molecule has 1 N–H and O–H groups in total. The van der Waals surface area contributed by atoms with Crippen LogP contribution in [0.2, 0.25) is 0 Å². The third-order valence-electron chi connectivity index (χ3n) is 4.51. The van der Waals surface area contributed by atoms with E-state index in [1.54, 1.807) is 22.9 Å². The normalized spacial score (nSPS) is 17.5. The first kappa shape index (κ1) is 16.6. The molecule has 6 heteroatoms. The fraction of sp³-hybridized carbons (Fsp3) is 0.444. The van der Waals surface area contributed by atoms with Crippen molar-refractivity contribution in [1.82, 2.24) is 14.7 Å². The fourth-order valence-electron chi connectivity index (χ4n) is 3.30. The van der Waals surface area contributed by atoms with Gasteiger partial charge in [-0.15, -0.1) is 0 Å². The van der Waals surface area contributed by atoms with Gasteiger partial charge in [-0.05, 0) is 62.9 Å². The number of halogens is 1. The Morgan fingerprint density at radius 3 is 2.83 bits per heavy atom. The molecular formula is C18H22FN3O2. The Morgan fingerprint density at radius 1 is 1.38 bits per heavy atom. The number of nitrogens with zero attached hydrogens (tertiary/aromatic N) is 3. The summed E-state index contributed by atoms with van der Waals surface area (Å²) in [7, 11) is 0. The van der Waals surface area contributed by atoms with Crippen molar-refractivity contribution in [3.05, 3.63) is 47.5 Å². The second-order valence-electron chi connectivity index (χ2n) is 6.22. The number of aliphatic hydroxyl groups is 1. The van der Waals surface area contributed by atoms with Gasteiger partial charge in [-0.1, -0.05) is 0 Å². The Labute approximate surface area is 140 Å². The quantitative estimate of drug-likeness (QED) is 0.916. The van der Waals surface area contributed by atoms with Crippen LogP contribution in [0.1, 0.15) is 41.9 Å². The lowest BCUT2D eigenvalue weighted by Gasteiger charge is -2.23. The minimum absolute atomic E-state index is 0.0700. The highest BCUT2D eigenvalue weighted by Gasteiger charge is 2.30. The van der Waals surface area contributed by atoms with Gasteiger partial charge in [0, 0.05) is 24.9 Å². The maximum absolute atomic E-state index is 13.1. The minimum Gasteiger partial charge on any atom is -0.396 e. The van der Waals surface area contributed by atoms with Crippen LogP contribution in [-0.2, 0) is 0 Å². The first-order chi connectivity index (χ1) is 11.6. The third kappa shape index (κ3) is 3.33. The summed E-state index contributed by atoms with van der Waals surface area (Å²) in [6.07, 6.45) is 3.49. The molecule has 24 heavy (non-hydrogen) atoms. The summed E-state index contributed by atoms with van der Waals surface area (Å²) in [5, 5.41) is 13.4. The van der Waals surface area contributed by atoms with E-state index in [9.17, 15) is 9.18 Å². The molecule has 1 aromatic heterocycles. The molecule has 1 atom stereocenters. The average molecular weight is 331 g/mol. The topological polar surface area (TPSA) is 58.4 Å². The standard InChI is InChI=1S/C18H22FN3O2/c1-13-12-17(20-22(13)16-8-6-14(19)7-9-16)18(24)21-10-2-4-15(21)5-3-11-23/h6-9,12,15,23H,2-5,10-11H2,1H3. The Hall–Kier alpha value is -2.21. The van der Waals surface area contributed by atoms with Crippen molar-refractivity contribution >= 4 is 5.91 Å². The predicted molar refractivity (Wildman–Crippen MR) is 88.6 cm³/mol. The van der Waals surface area contributed by atoms with Gasteiger partial charge in [0.25, 0.3) is 5.91 Å². The van der Waals surface area contributed by atoms with Crippen LogP contribution in [0.15, 0.2) is 30.3 Å². The van der Waals surface area contributed by atoms with Crippen LogP contribution in [-0.4, -0.2) is 44.9 Å². The van der Waals surface area contributed by atoms with Gasteiger partial charge < -0.3 is 10.0 Å². The second kappa shape index (κ2) is 7.13. The van der Waals surface area contributed by atoms with Gasteiger partial charge in [-0.3, -0.25) is 4.79 Å². The molecule has 0 aliphatic carbocycles. The number of aryl methyl sites for hydroxylation is 1. The van der Waals surface area contributed by atoms with Crippen LogP contribution in [0.3, 0.4) is 0 Å². The van der Waals surface area contributed by atoms with Gasteiger partial charge in [-0.2, -0.15) is 5.10 Å². The Bertz CT molecular complexity index is 712. The third-order valence-corrected chi connectivity index (χ3v) is 4.51. The number of likely N-dealkylation sites (tertiary alicyclic amines) is 1. The summed E-state index contributed by atoms with van der Waals surface area (Å²) in [4.78, 5) is 14.7. The Kier molecular flexibility index (Phi) is 4.94. The van der Waals surface area contributed by atoms with E-state index in [0.29, 0.717) is 12.1 Å². The number of aromatic nitrogens is 2. The molecule has 0 bridgehead atoms. The molecule has 1 saturated heterocycles. The molecule has 128 valence electrons. The zero-order valence-corrected chi connectivity index (χ0v) is 13.8. The second-order valence-corrected chi connectivity index (χ2v) is 6.22. The lowest BCUT2D eigenvalue weighted by Crippen LogP contribution is -2.36. The number of carbonyl (C=O) groups is 1. The summed E-state index contributed by atoms with van der Waals surface area (Å²) < 4.78 is 14.7. The molecule has 1 aromatic carbocycles. The van der Waals surface area contributed by atoms with Gasteiger partial charge in [0.15, 0.2) is 5.69 Å². The largest absolute Gasteiger partial charge is 0.396 e. The molecule has 3 rings (SSSR count). The molecule has 1 unspecified atom stereocenters. The zero-order chi connectivity index (χ0) is 17.1. The SMILES string of the molecule is Cc1cc(C(=O)N2CCCC2CCCO)nn1-c1ccc(F)cc1. The maximum atomic E-state index is 13.1. The summed E-state index contributed by atoms with van der Waals surface area (Å²) in [6.45, 7) is 2.76. The summed E-state index contributed by atoms with van der Waals surface area (Å²) in [5.74, 6) is -0.372. The summed E-state index contributed by atoms with van der Waals surface area (Å²) in [5.41, 5.74) is 1.97. The predicted octanol–water partition coefficient (Wildman–Crippen LogP) is 2.70. The number of carbonyl (C=O) groups excluding carboxylic acids is 1. The van der Waals surface area contributed by atoms with Crippen molar-refractivity contribution in [1.29, 1.82) is 0 Å². The highest BCUT2D eigenvalue weighted by atomic mass is 19.1. The van der Waals surface area contributed by atoms with Crippen molar-refractivity contribution in [3.8, 4) is 5.69 Å². The van der Waals surface area contributed by atoms with Crippen molar-refractivity contribution in [2.75, 3.05) is 13.2 Å². The highest BCUT2D eigenvalue weighted by molar-refractivity contribution is 5.93. The molecule has 1 aliphatic heterocycles. The number of hydrogen-bond donors (Lipinski definition) is 1. The molecule has 0 saturated carbocycles. The summed E-state index contributed by atoms with van der Waals surface area (Å²) >= 11 is 0. The molecule has 2 aromatic rings. The van der Waals surface area contributed by atoms with Gasteiger partial charge in [0.2, 0.25) is 0 Å². The van der Waals surface area contributed by atoms with E-state index in [4.69, 9.17) is 5.11 Å². The Balaban J connectivity index is 1.81. The van der Waals surface area contributed by atoms with Crippen LogP contribution in [0, 0.1) is 12.7 Å². The number of amides is 1. The van der Waals surface area contributed by atoms with E-state index in [2.05, 4.69) is 5.10 Å². The maximum Gasteiger partial charge on any atom is 0.274 e. The van der Waals surface area contributed by atoms with Crippen LogP contribution >= 0.6 is 0 Å². The smallest absolute Gasteiger partial charge is 0.274 e. The fourth-order valence-corrected chi connectivity index (χ4v) is 3.30. The van der Waals surface area contributed by atoms with Crippen LogP contribution in [0.5, 0.6) is 0 Å². The number of benzene rings is 1. The summed E-state index contributed by atoms with van der Waals surface area (Å²) in [6, 6.07) is 7.99. The van der Waals surface area contributed by atoms with E-state index in [-0.39, 0.29) is 24.4 Å². The van der Waals surface area contributed by atoms with Crippen molar-refractivity contribution < 1.29 is 14.3 Å². The number of aliphatic hydroxyl groups excluding tert-OH is 1. The first-order valence-electron chi connectivity index (χ1n) is 8.34. The van der Waals surface area contributed by atoms with Crippen LogP contribution < -0.4 is 0 Å². The molecule has 0 spiro atoms. The van der Waals surface area contributed by atoms with Gasteiger partial charge in [0.1, 0.15) is 5.82 Å². The molecular weight excluding hydrogens is 309 g/mol. The zero-order valence-electron chi connectivity index (χ0n) is 13.8. The molecule has 1 amide bonds. The lowest BCUT2D eigenvalue weighted by atomic mass is 10.1. The van der Waals surface area contributed by atoms with Crippen LogP contribution in [0.25, 0.3) is 5.69 Å². The Morgan fingerprint density at radius 2 is 2.12 bits per heavy atom. The number of hydrogen-bond acceptors (Lipinski definition) is 3. The number of rotatable bonds is 5. The van der Waals surface area contributed by atoms with Gasteiger partial charge in [0.05, 0.1) is 5.69 Å². The molecule has 2 heterocycles. The molecule has 1 fully saturated rings. The minimum atomic E-state index is -0.302. The van der Waals surface area contributed by atoms with E-state index in [1.165, 1.54) is 12.1 Å². The highest BCUT2D eigenvalue weighted by Crippen LogP contribution is 2.24. The van der Waals surface area contributed by atoms with E-state index in [1.807, 2.05) is 11.8 Å². The van der Waals surface area contributed by atoms with Gasteiger partial charge in [-0.25, -0.2) is 9.07 Å².